The van der Waals surface area contributed by atoms with Crippen LogP contribution in [-0.2, 0) is 15.5 Å². The van der Waals surface area contributed by atoms with E-state index in [4.69, 9.17) is 4.74 Å². The van der Waals surface area contributed by atoms with E-state index < -0.39 is 16.4 Å². The number of hydrogen-bond donors (Lipinski definition) is 1. The van der Waals surface area contributed by atoms with Crippen LogP contribution in [-0.4, -0.2) is 58.0 Å². The van der Waals surface area contributed by atoms with Crippen molar-refractivity contribution in [2.24, 2.45) is 0 Å². The van der Waals surface area contributed by atoms with E-state index in [2.05, 4.69) is 12.2 Å². The summed E-state index contributed by atoms with van der Waals surface area (Å²) >= 11 is 0. The maximum absolute atomic E-state index is 12.0. The van der Waals surface area contributed by atoms with Gasteiger partial charge >= 0.3 is 6.09 Å². The molecule has 0 aromatic carbocycles. The molecule has 0 bridgehead atoms. The molecule has 1 rings (SSSR count). The summed E-state index contributed by atoms with van der Waals surface area (Å²) in [6.07, 6.45) is 4.34. The van der Waals surface area contributed by atoms with Gasteiger partial charge in [0, 0.05) is 48.0 Å². The molecule has 5 nitrogen and oxygen atoms in total. The lowest BCUT2D eigenvalue weighted by molar-refractivity contribution is 0.0196. The number of hydrogen-bond acceptors (Lipinski definition) is 4. The van der Waals surface area contributed by atoms with Gasteiger partial charge in [0.15, 0.2) is 0 Å². The Hall–Kier alpha value is -0.620. The van der Waals surface area contributed by atoms with Gasteiger partial charge in [-0.1, -0.05) is 0 Å². The number of carbonyl (C=O) groups excluding carboxylic acids is 1. The third kappa shape index (κ3) is 7.81. The molecule has 0 radical (unpaired) electrons. The molecule has 1 heterocycles. The average molecular weight is 318 g/mol. The first kappa shape index (κ1) is 18.4. The molecule has 1 aliphatic rings. The van der Waals surface area contributed by atoms with Gasteiger partial charge in [-0.05, 0) is 47.0 Å². The van der Waals surface area contributed by atoms with Gasteiger partial charge in [-0.25, -0.2) is 4.79 Å². The average Bonchev–Trinajstić information content (AvgIpc) is 2.35. The normalized spacial score (nSPS) is 20.1. The number of carbonyl (C=O) groups is 1. The van der Waals surface area contributed by atoms with Crippen LogP contribution >= 0.6 is 0 Å². The fourth-order valence-electron chi connectivity index (χ4n) is 2.38. The fraction of sp³-hybridized carbons (Fsp3) is 0.933. The van der Waals surface area contributed by atoms with Crippen LogP contribution in [0.5, 0.6) is 0 Å². The number of amides is 1. The summed E-state index contributed by atoms with van der Waals surface area (Å²) in [7, 11) is -0.724. The summed E-state index contributed by atoms with van der Waals surface area (Å²) < 4.78 is 16.5. The fourth-order valence-corrected chi connectivity index (χ4v) is 3.07. The predicted molar refractivity (Wildman–Crippen MR) is 87.0 cm³/mol. The van der Waals surface area contributed by atoms with Crippen LogP contribution in [0.15, 0.2) is 0 Å². The zero-order valence-corrected chi connectivity index (χ0v) is 14.8. The highest BCUT2D eigenvalue weighted by atomic mass is 32.2. The molecule has 0 spiro atoms. The molecule has 1 saturated heterocycles. The Morgan fingerprint density at radius 1 is 1.38 bits per heavy atom. The minimum absolute atomic E-state index is 0.213. The molecule has 1 amide bonds. The Morgan fingerprint density at radius 2 is 1.95 bits per heavy atom. The molecule has 21 heavy (non-hydrogen) atoms. The smallest absolute Gasteiger partial charge is 0.410 e. The second-order valence-electron chi connectivity index (χ2n) is 6.88. The zero-order valence-electron chi connectivity index (χ0n) is 14.0. The van der Waals surface area contributed by atoms with E-state index in [1.807, 2.05) is 20.8 Å². The second-order valence-corrected chi connectivity index (χ2v) is 8.43. The summed E-state index contributed by atoms with van der Waals surface area (Å²) in [5, 5.41) is 3.57. The number of nitrogens with zero attached hydrogens (tertiary/aromatic N) is 1. The summed E-state index contributed by atoms with van der Waals surface area (Å²) in [6, 6.07) is 0.802. The van der Waals surface area contributed by atoms with E-state index in [0.717, 1.165) is 38.1 Å². The Morgan fingerprint density at radius 3 is 2.43 bits per heavy atom. The van der Waals surface area contributed by atoms with Crippen LogP contribution in [0.3, 0.4) is 0 Å². The lowest BCUT2D eigenvalue weighted by Gasteiger charge is -2.34. The lowest BCUT2D eigenvalue weighted by Crippen LogP contribution is -2.48. The number of rotatable bonds is 5. The van der Waals surface area contributed by atoms with E-state index >= 15 is 0 Å². The van der Waals surface area contributed by atoms with Crippen molar-refractivity contribution in [3.8, 4) is 0 Å². The Kier molecular flexibility index (Phi) is 7.13. The Bertz CT molecular complexity index is 360. The summed E-state index contributed by atoms with van der Waals surface area (Å²) in [5.41, 5.74) is -0.434. The van der Waals surface area contributed by atoms with Crippen molar-refractivity contribution in [2.45, 2.75) is 64.6 Å². The molecule has 0 aliphatic carbocycles. The SMILES string of the molecule is CC(CCS(C)=O)NC1CCN(C(=O)OC(C)(C)C)CC1. The molecule has 6 heteroatoms. The first-order valence-corrected chi connectivity index (χ1v) is 9.44. The molecule has 124 valence electrons. The van der Waals surface area contributed by atoms with Crippen molar-refractivity contribution >= 4 is 16.9 Å². The number of likely N-dealkylation sites (tertiary alicyclic amines) is 1. The molecule has 0 aromatic heterocycles. The van der Waals surface area contributed by atoms with Crippen molar-refractivity contribution in [3.05, 3.63) is 0 Å². The summed E-state index contributed by atoms with van der Waals surface area (Å²) in [5.74, 6) is 0.741. The highest BCUT2D eigenvalue weighted by molar-refractivity contribution is 7.84. The largest absolute Gasteiger partial charge is 0.444 e. The minimum Gasteiger partial charge on any atom is -0.444 e. The number of piperidine rings is 1. The molecule has 0 aromatic rings. The summed E-state index contributed by atoms with van der Waals surface area (Å²) in [4.78, 5) is 13.8. The molecule has 0 saturated carbocycles. The number of nitrogens with one attached hydrogen (secondary N) is 1. The number of ether oxygens (including phenoxy) is 1. The first-order valence-electron chi connectivity index (χ1n) is 7.71. The van der Waals surface area contributed by atoms with Gasteiger partial charge in [-0.3, -0.25) is 4.21 Å². The van der Waals surface area contributed by atoms with Crippen molar-refractivity contribution in [1.82, 2.24) is 10.2 Å². The van der Waals surface area contributed by atoms with E-state index in [9.17, 15) is 9.00 Å². The highest BCUT2D eigenvalue weighted by Crippen LogP contribution is 2.16. The van der Waals surface area contributed by atoms with Crippen LogP contribution in [0.25, 0.3) is 0 Å². The van der Waals surface area contributed by atoms with Gasteiger partial charge in [0.05, 0.1) is 0 Å². The van der Waals surface area contributed by atoms with Crippen molar-refractivity contribution in [2.75, 3.05) is 25.1 Å². The maximum Gasteiger partial charge on any atom is 0.410 e. The van der Waals surface area contributed by atoms with E-state index in [0.29, 0.717) is 12.1 Å². The Labute approximate surface area is 131 Å². The van der Waals surface area contributed by atoms with Gasteiger partial charge in [-0.2, -0.15) is 0 Å². The summed E-state index contributed by atoms with van der Waals surface area (Å²) in [6.45, 7) is 9.26. The minimum atomic E-state index is -0.724. The van der Waals surface area contributed by atoms with E-state index in [-0.39, 0.29) is 6.09 Å². The van der Waals surface area contributed by atoms with Crippen molar-refractivity contribution < 1.29 is 13.7 Å². The van der Waals surface area contributed by atoms with Crippen molar-refractivity contribution in [3.63, 3.8) is 0 Å². The van der Waals surface area contributed by atoms with Gasteiger partial charge in [0.2, 0.25) is 0 Å². The lowest BCUT2D eigenvalue weighted by atomic mass is 10.0. The topological polar surface area (TPSA) is 58.6 Å². The highest BCUT2D eigenvalue weighted by Gasteiger charge is 2.27. The van der Waals surface area contributed by atoms with Crippen LogP contribution in [0, 0.1) is 0 Å². The standard InChI is InChI=1S/C15H30N2O3S/c1-12(8-11-21(5)19)16-13-6-9-17(10-7-13)14(18)20-15(2,3)4/h12-13,16H,6-11H2,1-5H3. The predicted octanol–water partition coefficient (Wildman–Crippen LogP) is 2.13. The second kappa shape index (κ2) is 8.13. The van der Waals surface area contributed by atoms with Crippen LogP contribution in [0.2, 0.25) is 0 Å². The van der Waals surface area contributed by atoms with Gasteiger partial charge < -0.3 is 15.0 Å². The zero-order chi connectivity index (χ0) is 16.0. The van der Waals surface area contributed by atoms with Crippen LogP contribution in [0.1, 0.15) is 47.0 Å². The van der Waals surface area contributed by atoms with Gasteiger partial charge in [-0.15, -0.1) is 0 Å². The van der Waals surface area contributed by atoms with E-state index in [1.165, 1.54) is 0 Å². The third-order valence-electron chi connectivity index (χ3n) is 3.51. The third-order valence-corrected chi connectivity index (χ3v) is 4.32. The maximum atomic E-state index is 12.0. The van der Waals surface area contributed by atoms with Crippen LogP contribution in [0.4, 0.5) is 4.79 Å². The Balaban J connectivity index is 2.28. The van der Waals surface area contributed by atoms with E-state index in [1.54, 1.807) is 11.2 Å². The first-order chi connectivity index (χ1) is 9.67. The van der Waals surface area contributed by atoms with Gasteiger partial charge in [0.25, 0.3) is 0 Å². The molecule has 1 N–H and O–H groups in total. The van der Waals surface area contributed by atoms with Crippen molar-refractivity contribution in [1.29, 1.82) is 0 Å². The quantitative estimate of drug-likeness (QED) is 0.844. The molecular weight excluding hydrogens is 288 g/mol. The molecular formula is C15H30N2O3S. The molecule has 1 fully saturated rings. The molecule has 2 unspecified atom stereocenters. The molecule has 1 aliphatic heterocycles. The van der Waals surface area contributed by atoms with Gasteiger partial charge in [0.1, 0.15) is 5.60 Å². The molecule has 2 atom stereocenters. The van der Waals surface area contributed by atoms with Crippen LogP contribution < -0.4 is 5.32 Å². The monoisotopic (exact) mass is 318 g/mol.